The van der Waals surface area contributed by atoms with Crippen molar-refractivity contribution in [2.24, 2.45) is 23.7 Å². The van der Waals surface area contributed by atoms with Gasteiger partial charge in [-0.2, -0.15) is 0 Å². The minimum atomic E-state index is -4.97. The van der Waals surface area contributed by atoms with Crippen molar-refractivity contribution in [1.82, 2.24) is 0 Å². The van der Waals surface area contributed by atoms with Crippen molar-refractivity contribution in [3.63, 3.8) is 0 Å². The van der Waals surface area contributed by atoms with Crippen molar-refractivity contribution in [3.05, 3.63) is 0 Å². The zero-order valence-corrected chi connectivity index (χ0v) is 75.4. The van der Waals surface area contributed by atoms with E-state index in [1.54, 1.807) is 0 Å². The molecule has 3 unspecified atom stereocenters. The first-order valence-corrected chi connectivity index (χ1v) is 50.2. The summed E-state index contributed by atoms with van der Waals surface area (Å²) in [5, 5.41) is 10.7. The molecule has 6 atom stereocenters. The molecular formula is C92H180O17P2. The summed E-state index contributed by atoms with van der Waals surface area (Å²) in [6.45, 7) is 14.4. The highest BCUT2D eigenvalue weighted by molar-refractivity contribution is 7.47. The topological polar surface area (TPSA) is 237 Å². The van der Waals surface area contributed by atoms with Crippen LogP contribution in [-0.4, -0.2) is 96.7 Å². The normalized spacial score (nSPS) is 14.1. The number of unbranched alkanes of at least 4 members (excludes halogenated alkanes) is 54. The van der Waals surface area contributed by atoms with E-state index >= 15 is 0 Å². The maximum atomic E-state index is 13.2. The van der Waals surface area contributed by atoms with Gasteiger partial charge in [0.1, 0.15) is 19.3 Å². The number of carbonyl (C=O) groups is 4. The molecule has 0 spiro atoms. The van der Waals surface area contributed by atoms with Crippen LogP contribution in [0.25, 0.3) is 0 Å². The molecule has 0 aromatic carbocycles. The lowest BCUT2D eigenvalue weighted by molar-refractivity contribution is -0.161. The van der Waals surface area contributed by atoms with Crippen LogP contribution in [0.2, 0.25) is 0 Å². The van der Waals surface area contributed by atoms with E-state index in [4.69, 9.17) is 37.0 Å². The molecule has 0 bridgehead atoms. The summed E-state index contributed by atoms with van der Waals surface area (Å²) < 4.78 is 69.1. The van der Waals surface area contributed by atoms with Gasteiger partial charge in [0.05, 0.1) is 26.4 Å². The number of hydrogen-bond acceptors (Lipinski definition) is 15. The molecule has 0 aliphatic rings. The molecule has 0 rings (SSSR count). The average molecular weight is 1620 g/mol. The molecule has 3 N–H and O–H groups in total. The van der Waals surface area contributed by atoms with E-state index in [2.05, 4.69) is 55.4 Å². The number of phosphoric ester groups is 2. The molecule has 660 valence electrons. The number of rotatable bonds is 89. The van der Waals surface area contributed by atoms with Gasteiger partial charge in [-0.25, -0.2) is 9.13 Å². The third-order valence-corrected chi connectivity index (χ3v) is 23.8. The average Bonchev–Trinajstić information content (AvgIpc) is 0.898. The quantitative estimate of drug-likeness (QED) is 0.0222. The maximum absolute atomic E-state index is 13.2. The number of aliphatic hydroxyl groups is 1. The summed E-state index contributed by atoms with van der Waals surface area (Å²) in [5.74, 6) is 1.12. The summed E-state index contributed by atoms with van der Waals surface area (Å²) in [5.41, 5.74) is 0. The van der Waals surface area contributed by atoms with Crippen molar-refractivity contribution in [1.29, 1.82) is 0 Å². The lowest BCUT2D eigenvalue weighted by atomic mass is 9.99. The summed E-state index contributed by atoms with van der Waals surface area (Å²) in [6, 6.07) is 0. The van der Waals surface area contributed by atoms with Crippen molar-refractivity contribution in [2.45, 2.75) is 504 Å². The Morgan fingerprint density at radius 1 is 0.252 bits per heavy atom. The second-order valence-corrected chi connectivity index (χ2v) is 37.6. The molecule has 19 heteroatoms. The zero-order valence-electron chi connectivity index (χ0n) is 73.6. The standard InChI is InChI=1S/C92H180O17P2/c1-9-85(8)71-63-55-47-38-32-26-20-12-10-11-13-22-28-34-40-50-58-66-74-91(96)108-87(78-102-89(94)72-64-56-48-39-33-27-21-16-14-18-24-30-36-44-52-60-68-82(2)3)80-106-110(98,99)104-76-86(93)77-105-111(100,101)107-81-88(79-103-90(95)73-65-57-49-43-42-46-54-62-70-84(6)7)109-92(97)75-67-59-51-41-35-29-23-17-15-19-25-31-37-45-53-61-69-83(4)5/h82-88,93H,9-81H2,1-8H3,(H,98,99)(H,100,101)/t85?,86-,87-,88-/m1/s1. The zero-order chi connectivity index (χ0) is 81.6. The third kappa shape index (κ3) is 84.3. The van der Waals surface area contributed by atoms with Crippen LogP contribution in [0.3, 0.4) is 0 Å². The van der Waals surface area contributed by atoms with Crippen molar-refractivity contribution >= 4 is 39.5 Å². The van der Waals surface area contributed by atoms with Crippen LogP contribution < -0.4 is 0 Å². The highest BCUT2D eigenvalue weighted by Gasteiger charge is 2.31. The van der Waals surface area contributed by atoms with Crippen molar-refractivity contribution in [3.8, 4) is 0 Å². The lowest BCUT2D eigenvalue weighted by Gasteiger charge is -2.21. The van der Waals surface area contributed by atoms with E-state index in [0.717, 1.165) is 114 Å². The summed E-state index contributed by atoms with van der Waals surface area (Å²) >= 11 is 0. The van der Waals surface area contributed by atoms with Gasteiger partial charge >= 0.3 is 39.5 Å². The Morgan fingerprint density at radius 3 is 0.640 bits per heavy atom. The molecule has 0 aromatic rings. The highest BCUT2D eigenvalue weighted by Crippen LogP contribution is 2.45. The fourth-order valence-corrected chi connectivity index (χ4v) is 15.9. The fraction of sp³-hybridized carbons (Fsp3) is 0.957. The minimum Gasteiger partial charge on any atom is -0.462 e. The molecule has 0 heterocycles. The molecule has 111 heavy (non-hydrogen) atoms. The first kappa shape index (κ1) is 109. The van der Waals surface area contributed by atoms with Gasteiger partial charge < -0.3 is 33.8 Å². The van der Waals surface area contributed by atoms with E-state index in [1.165, 1.54) is 289 Å². The number of phosphoric acid groups is 2. The SMILES string of the molecule is CCC(C)CCCCCCCCCCCCCCCCCCCCC(=O)O[C@H](COC(=O)CCCCCCCCCCCCCCCCCCC(C)C)COP(=O)(O)OC[C@@H](O)COP(=O)(O)OC[C@@H](COC(=O)CCCCCCCCCCC(C)C)OC(=O)CCCCCCCCCCCCCCCCCCC(C)C. The number of carbonyl (C=O) groups excluding carboxylic acids is 4. The molecule has 17 nitrogen and oxygen atoms in total. The van der Waals surface area contributed by atoms with Crippen LogP contribution in [0, 0.1) is 23.7 Å². The van der Waals surface area contributed by atoms with E-state index < -0.39 is 97.5 Å². The smallest absolute Gasteiger partial charge is 0.462 e. The molecule has 0 aliphatic heterocycles. The Labute approximate surface area is 683 Å². The molecule has 0 aromatic heterocycles. The molecular weight excluding hydrogens is 1440 g/mol. The molecule has 0 radical (unpaired) electrons. The second kappa shape index (κ2) is 80.5. The maximum Gasteiger partial charge on any atom is 0.472 e. The van der Waals surface area contributed by atoms with Gasteiger partial charge in [0.25, 0.3) is 0 Å². The Balaban J connectivity index is 5.24. The van der Waals surface area contributed by atoms with Gasteiger partial charge in [-0.1, -0.05) is 434 Å². The predicted octanol–water partition coefficient (Wildman–Crippen LogP) is 28.3. The van der Waals surface area contributed by atoms with Gasteiger partial charge in [0, 0.05) is 25.7 Å². The third-order valence-electron chi connectivity index (χ3n) is 21.9. The van der Waals surface area contributed by atoms with Gasteiger partial charge in [-0.15, -0.1) is 0 Å². The van der Waals surface area contributed by atoms with Gasteiger partial charge in [0.2, 0.25) is 0 Å². The summed E-state index contributed by atoms with van der Waals surface area (Å²) in [6.07, 6.45) is 72.3. The minimum absolute atomic E-state index is 0.107. The van der Waals surface area contributed by atoms with Crippen LogP contribution in [0.15, 0.2) is 0 Å². The van der Waals surface area contributed by atoms with Crippen LogP contribution in [-0.2, 0) is 65.4 Å². The Kier molecular flexibility index (Phi) is 79.1. The van der Waals surface area contributed by atoms with Crippen LogP contribution in [0.4, 0.5) is 0 Å². The summed E-state index contributed by atoms with van der Waals surface area (Å²) in [7, 11) is -9.94. The first-order chi connectivity index (χ1) is 53.6. The number of ether oxygens (including phenoxy) is 4. The summed E-state index contributed by atoms with van der Waals surface area (Å²) in [4.78, 5) is 73.4. The van der Waals surface area contributed by atoms with Crippen LogP contribution in [0.1, 0.15) is 486 Å². The largest absolute Gasteiger partial charge is 0.472 e. The van der Waals surface area contributed by atoms with Gasteiger partial charge in [-0.05, 0) is 49.4 Å². The monoisotopic (exact) mass is 1620 g/mol. The number of aliphatic hydroxyl groups excluding tert-OH is 1. The molecule has 0 aliphatic carbocycles. The number of esters is 4. The van der Waals surface area contributed by atoms with Gasteiger partial charge in [-0.3, -0.25) is 37.3 Å². The Hall–Kier alpha value is -1.94. The van der Waals surface area contributed by atoms with Crippen LogP contribution in [0.5, 0.6) is 0 Å². The Bertz CT molecular complexity index is 2150. The number of hydrogen-bond donors (Lipinski definition) is 3. The van der Waals surface area contributed by atoms with E-state index in [9.17, 15) is 43.2 Å². The lowest BCUT2D eigenvalue weighted by Crippen LogP contribution is -2.30. The molecule has 0 saturated carbocycles. The highest BCUT2D eigenvalue weighted by atomic mass is 31.2. The van der Waals surface area contributed by atoms with E-state index in [-0.39, 0.29) is 25.7 Å². The van der Waals surface area contributed by atoms with E-state index in [0.29, 0.717) is 25.7 Å². The molecule has 0 fully saturated rings. The first-order valence-electron chi connectivity index (χ1n) is 47.2. The predicted molar refractivity (Wildman–Crippen MR) is 460 cm³/mol. The second-order valence-electron chi connectivity index (χ2n) is 34.7. The molecule has 0 saturated heterocycles. The van der Waals surface area contributed by atoms with Crippen molar-refractivity contribution in [2.75, 3.05) is 39.6 Å². The Morgan fingerprint density at radius 2 is 0.432 bits per heavy atom. The van der Waals surface area contributed by atoms with Crippen molar-refractivity contribution < 1.29 is 80.2 Å². The fourth-order valence-electron chi connectivity index (χ4n) is 14.3. The van der Waals surface area contributed by atoms with Gasteiger partial charge in [0.15, 0.2) is 12.2 Å². The van der Waals surface area contributed by atoms with Crippen LogP contribution >= 0.6 is 15.6 Å². The van der Waals surface area contributed by atoms with E-state index in [1.807, 2.05) is 0 Å². The molecule has 0 amide bonds.